The van der Waals surface area contributed by atoms with Crippen LogP contribution in [0.5, 0.6) is 0 Å². The van der Waals surface area contributed by atoms with E-state index >= 15 is 0 Å². The zero-order valence-electron chi connectivity index (χ0n) is 12.4. The van der Waals surface area contributed by atoms with Crippen LogP contribution in [0.1, 0.15) is 36.4 Å². The zero-order valence-corrected chi connectivity index (χ0v) is 12.4. The second-order valence-electron chi connectivity index (χ2n) is 6.33. The lowest BCUT2D eigenvalue weighted by atomic mass is 10.0. The van der Waals surface area contributed by atoms with Gasteiger partial charge < -0.3 is 10.5 Å². The Morgan fingerprint density at radius 3 is 2.70 bits per heavy atom. The van der Waals surface area contributed by atoms with Crippen LogP contribution in [-0.2, 0) is 11.3 Å². The van der Waals surface area contributed by atoms with Gasteiger partial charge in [-0.3, -0.25) is 4.90 Å². The number of likely N-dealkylation sites (tertiary alicyclic amines) is 1. The molecule has 0 spiro atoms. The average molecular weight is 274 g/mol. The van der Waals surface area contributed by atoms with E-state index in [4.69, 9.17) is 10.5 Å². The molecule has 1 aromatic carbocycles. The van der Waals surface area contributed by atoms with E-state index in [1.54, 1.807) is 7.11 Å². The molecule has 110 valence electrons. The molecule has 0 amide bonds. The lowest BCUT2D eigenvalue weighted by Crippen LogP contribution is -2.32. The fraction of sp³-hybridized carbons (Fsp3) is 0.647. The van der Waals surface area contributed by atoms with Gasteiger partial charge in [0.1, 0.15) is 0 Å². The number of nitrogens with two attached hydrogens (primary N) is 1. The molecule has 3 rings (SSSR count). The molecule has 0 bridgehead atoms. The first-order valence-corrected chi connectivity index (χ1v) is 7.83. The predicted octanol–water partition coefficient (Wildman–Crippen LogP) is 2.56. The van der Waals surface area contributed by atoms with E-state index in [2.05, 4.69) is 29.2 Å². The quantitative estimate of drug-likeness (QED) is 0.897. The Balaban J connectivity index is 1.74. The van der Waals surface area contributed by atoms with Crippen LogP contribution in [0.3, 0.4) is 0 Å². The van der Waals surface area contributed by atoms with Crippen molar-refractivity contribution in [3.8, 4) is 0 Å². The largest absolute Gasteiger partial charge is 0.380 e. The molecule has 3 nitrogen and oxygen atoms in total. The summed E-state index contributed by atoms with van der Waals surface area (Å²) in [4.78, 5) is 2.61. The molecule has 3 unspecified atom stereocenters. The number of fused-ring (bicyclic) bond motifs is 1. The number of hydrogen-bond acceptors (Lipinski definition) is 3. The van der Waals surface area contributed by atoms with Crippen molar-refractivity contribution >= 4 is 0 Å². The van der Waals surface area contributed by atoms with E-state index in [9.17, 15) is 0 Å². The van der Waals surface area contributed by atoms with Crippen LogP contribution in [0.25, 0.3) is 0 Å². The number of ether oxygens (including phenoxy) is 1. The molecule has 3 atom stereocenters. The highest BCUT2D eigenvalue weighted by atomic mass is 16.5. The van der Waals surface area contributed by atoms with E-state index in [1.807, 2.05) is 0 Å². The smallest absolute Gasteiger partial charge is 0.0713 e. The molecule has 1 heterocycles. The van der Waals surface area contributed by atoms with Crippen molar-refractivity contribution in [3.63, 3.8) is 0 Å². The summed E-state index contributed by atoms with van der Waals surface area (Å²) < 4.78 is 5.24. The molecule has 1 saturated carbocycles. The van der Waals surface area contributed by atoms with E-state index in [-0.39, 0.29) is 0 Å². The fourth-order valence-corrected chi connectivity index (χ4v) is 4.08. The summed E-state index contributed by atoms with van der Waals surface area (Å²) in [6.45, 7) is 3.86. The number of hydrogen-bond donors (Lipinski definition) is 1. The van der Waals surface area contributed by atoms with Crippen molar-refractivity contribution in [2.75, 3.05) is 26.7 Å². The Labute approximate surface area is 122 Å². The average Bonchev–Trinajstić information content (AvgIpc) is 3.02. The molecule has 1 aliphatic heterocycles. The van der Waals surface area contributed by atoms with E-state index in [0.29, 0.717) is 19.2 Å². The van der Waals surface area contributed by atoms with Crippen LogP contribution in [0, 0.1) is 11.8 Å². The molecule has 0 aromatic heterocycles. The number of nitrogens with zero attached hydrogens (tertiary/aromatic N) is 1. The van der Waals surface area contributed by atoms with Crippen LogP contribution in [0.2, 0.25) is 0 Å². The second kappa shape index (κ2) is 6.25. The summed E-state index contributed by atoms with van der Waals surface area (Å²) in [5.74, 6) is 1.84. The van der Waals surface area contributed by atoms with Crippen molar-refractivity contribution in [2.24, 2.45) is 17.6 Å². The minimum atomic E-state index is 0.373. The minimum Gasteiger partial charge on any atom is -0.380 e. The molecule has 1 aliphatic carbocycles. The lowest BCUT2D eigenvalue weighted by Gasteiger charge is -2.28. The first-order valence-electron chi connectivity index (χ1n) is 7.83. The van der Waals surface area contributed by atoms with Gasteiger partial charge in [0.05, 0.1) is 6.61 Å². The first-order chi connectivity index (χ1) is 9.81. The van der Waals surface area contributed by atoms with Gasteiger partial charge in [0.2, 0.25) is 0 Å². The van der Waals surface area contributed by atoms with Gasteiger partial charge in [0.15, 0.2) is 0 Å². The topological polar surface area (TPSA) is 38.5 Å². The molecule has 0 radical (unpaired) electrons. The van der Waals surface area contributed by atoms with Crippen molar-refractivity contribution in [2.45, 2.75) is 31.9 Å². The monoisotopic (exact) mass is 274 g/mol. The standard InChI is InChI=1S/C17H26N2O/c1-20-12-13-4-2-5-14(8-13)17(9-18)19-10-15-6-3-7-16(15)11-19/h2,4-5,8,15-17H,3,6-7,9-12,18H2,1H3. The van der Waals surface area contributed by atoms with Gasteiger partial charge >= 0.3 is 0 Å². The zero-order chi connectivity index (χ0) is 13.9. The third-order valence-electron chi connectivity index (χ3n) is 5.07. The molecule has 2 N–H and O–H groups in total. The first kappa shape index (κ1) is 14.1. The highest BCUT2D eigenvalue weighted by molar-refractivity contribution is 5.26. The second-order valence-corrected chi connectivity index (χ2v) is 6.33. The van der Waals surface area contributed by atoms with Crippen LogP contribution in [0.4, 0.5) is 0 Å². The van der Waals surface area contributed by atoms with Crippen LogP contribution in [-0.4, -0.2) is 31.6 Å². The van der Waals surface area contributed by atoms with Gasteiger partial charge in [-0.15, -0.1) is 0 Å². The molecule has 1 aromatic rings. The summed E-state index contributed by atoms with van der Waals surface area (Å²) in [5, 5.41) is 0. The number of benzene rings is 1. The maximum Gasteiger partial charge on any atom is 0.0713 e. The van der Waals surface area contributed by atoms with Gasteiger partial charge in [-0.1, -0.05) is 30.7 Å². The third-order valence-corrected chi connectivity index (χ3v) is 5.07. The Bertz CT molecular complexity index is 436. The van der Waals surface area contributed by atoms with E-state index in [1.165, 1.54) is 43.5 Å². The van der Waals surface area contributed by atoms with Crippen LogP contribution in [0.15, 0.2) is 24.3 Å². The molecule has 3 heteroatoms. The van der Waals surface area contributed by atoms with Gasteiger partial charge in [0.25, 0.3) is 0 Å². The highest BCUT2D eigenvalue weighted by Crippen LogP contribution is 2.40. The van der Waals surface area contributed by atoms with Gasteiger partial charge in [-0.05, 0) is 35.8 Å². The van der Waals surface area contributed by atoms with Gasteiger partial charge in [-0.2, -0.15) is 0 Å². The maximum absolute atomic E-state index is 6.09. The molecular formula is C17H26N2O. The Hall–Kier alpha value is -0.900. The normalized spacial score (nSPS) is 27.7. The summed E-state index contributed by atoms with van der Waals surface area (Å²) in [7, 11) is 1.74. The number of rotatable bonds is 5. The summed E-state index contributed by atoms with van der Waals surface area (Å²) in [5.41, 5.74) is 8.67. The third kappa shape index (κ3) is 2.76. The molecule has 1 saturated heterocycles. The predicted molar refractivity (Wildman–Crippen MR) is 81.4 cm³/mol. The van der Waals surface area contributed by atoms with Crippen molar-refractivity contribution in [3.05, 3.63) is 35.4 Å². The molecule has 20 heavy (non-hydrogen) atoms. The van der Waals surface area contributed by atoms with Crippen molar-refractivity contribution < 1.29 is 4.74 Å². The molecular weight excluding hydrogens is 248 g/mol. The Morgan fingerprint density at radius 1 is 1.30 bits per heavy atom. The van der Waals surface area contributed by atoms with Gasteiger partial charge in [0, 0.05) is 32.8 Å². The molecule has 2 aliphatic rings. The summed E-state index contributed by atoms with van der Waals surface area (Å²) in [6.07, 6.45) is 4.27. The van der Waals surface area contributed by atoms with E-state index in [0.717, 1.165) is 11.8 Å². The summed E-state index contributed by atoms with van der Waals surface area (Å²) in [6, 6.07) is 9.10. The SMILES string of the molecule is COCc1cccc(C(CN)N2CC3CCCC3C2)c1. The van der Waals surface area contributed by atoms with Crippen molar-refractivity contribution in [1.82, 2.24) is 4.90 Å². The van der Waals surface area contributed by atoms with Gasteiger partial charge in [-0.25, -0.2) is 0 Å². The lowest BCUT2D eigenvalue weighted by molar-refractivity contribution is 0.184. The Morgan fingerprint density at radius 2 is 2.05 bits per heavy atom. The summed E-state index contributed by atoms with van der Waals surface area (Å²) >= 11 is 0. The molecule has 2 fully saturated rings. The van der Waals surface area contributed by atoms with Crippen molar-refractivity contribution in [1.29, 1.82) is 0 Å². The van der Waals surface area contributed by atoms with Crippen LogP contribution >= 0.6 is 0 Å². The Kier molecular flexibility index (Phi) is 4.39. The maximum atomic E-state index is 6.09. The number of methoxy groups -OCH3 is 1. The minimum absolute atomic E-state index is 0.373. The van der Waals surface area contributed by atoms with Crippen LogP contribution < -0.4 is 5.73 Å². The fourth-order valence-electron chi connectivity index (χ4n) is 4.08. The van der Waals surface area contributed by atoms with E-state index < -0.39 is 0 Å². The highest BCUT2D eigenvalue weighted by Gasteiger charge is 2.38.